The van der Waals surface area contributed by atoms with E-state index in [1.165, 1.54) is 0 Å². The molecule has 5 heteroatoms. The molecule has 2 rings (SSSR count). The molecule has 0 amide bonds. The van der Waals surface area contributed by atoms with Gasteiger partial charge >= 0.3 is 0 Å². The zero-order valence-electron chi connectivity index (χ0n) is 12.0. The molecule has 2 aromatic rings. The van der Waals surface area contributed by atoms with Crippen LogP contribution in [-0.4, -0.2) is 6.61 Å². The molecule has 0 aliphatic carbocycles. The minimum atomic E-state index is -0.550. The first-order valence-electron chi connectivity index (χ1n) is 6.87. The fourth-order valence-corrected chi connectivity index (χ4v) is 2.03. The zero-order chi connectivity index (χ0) is 14.7. The van der Waals surface area contributed by atoms with Gasteiger partial charge in [0, 0.05) is 0 Å². The number of furan rings is 1. The van der Waals surface area contributed by atoms with Gasteiger partial charge in [0.05, 0.1) is 12.6 Å². The maximum atomic E-state index is 11.6. The smallest absolute Gasteiger partial charge is 0.272 e. The molecule has 0 spiro atoms. The molecule has 0 aliphatic heterocycles. The standard InChI is InChI=1S/C15H19NO4/c1-4-8-19-15-12(13(17)14(15)18)16-10(5-2)11-7-6-9(3)20-11/h6-7,10,16H,4-5,8H2,1-3H3/t10-/m1/s1. The van der Waals surface area contributed by atoms with E-state index >= 15 is 0 Å². The van der Waals surface area contributed by atoms with Crippen molar-refractivity contribution in [2.75, 3.05) is 11.9 Å². The summed E-state index contributed by atoms with van der Waals surface area (Å²) in [6.45, 7) is 6.21. The van der Waals surface area contributed by atoms with Crippen molar-refractivity contribution in [1.82, 2.24) is 0 Å². The van der Waals surface area contributed by atoms with Crippen molar-refractivity contribution in [3.63, 3.8) is 0 Å². The Morgan fingerprint density at radius 3 is 2.55 bits per heavy atom. The number of hydrogen-bond donors (Lipinski definition) is 1. The molecule has 0 bridgehead atoms. The maximum Gasteiger partial charge on any atom is 0.272 e. The average Bonchev–Trinajstić information content (AvgIpc) is 2.88. The number of hydrogen-bond acceptors (Lipinski definition) is 5. The van der Waals surface area contributed by atoms with Crippen LogP contribution < -0.4 is 20.9 Å². The van der Waals surface area contributed by atoms with E-state index in [1.807, 2.05) is 32.9 Å². The lowest BCUT2D eigenvalue weighted by Crippen LogP contribution is -2.36. The first-order chi connectivity index (χ1) is 9.58. The van der Waals surface area contributed by atoms with Crippen molar-refractivity contribution in [3.05, 3.63) is 44.1 Å². The van der Waals surface area contributed by atoms with Crippen LogP contribution in [0, 0.1) is 6.92 Å². The van der Waals surface area contributed by atoms with Crippen molar-refractivity contribution in [1.29, 1.82) is 0 Å². The summed E-state index contributed by atoms with van der Waals surface area (Å²) in [6, 6.07) is 3.60. The third kappa shape index (κ3) is 2.61. The molecular formula is C15H19NO4. The lowest BCUT2D eigenvalue weighted by Gasteiger charge is -2.19. The van der Waals surface area contributed by atoms with Gasteiger partial charge in [-0.3, -0.25) is 9.59 Å². The van der Waals surface area contributed by atoms with E-state index in [9.17, 15) is 9.59 Å². The van der Waals surface area contributed by atoms with E-state index in [0.717, 1.165) is 24.4 Å². The topological polar surface area (TPSA) is 68.5 Å². The monoisotopic (exact) mass is 277 g/mol. The van der Waals surface area contributed by atoms with Crippen LogP contribution in [0.25, 0.3) is 0 Å². The summed E-state index contributed by atoms with van der Waals surface area (Å²) in [6.07, 6.45) is 1.52. The van der Waals surface area contributed by atoms with Gasteiger partial charge in [-0.15, -0.1) is 0 Å². The van der Waals surface area contributed by atoms with Crippen LogP contribution in [0.2, 0.25) is 0 Å². The van der Waals surface area contributed by atoms with Crippen molar-refractivity contribution in [3.8, 4) is 5.75 Å². The Labute approximate surface area is 117 Å². The molecule has 20 heavy (non-hydrogen) atoms. The minimum absolute atomic E-state index is 0.143. The van der Waals surface area contributed by atoms with Gasteiger partial charge < -0.3 is 14.5 Å². The molecule has 0 saturated heterocycles. The first-order valence-corrected chi connectivity index (χ1v) is 6.87. The quantitative estimate of drug-likeness (QED) is 0.788. The van der Waals surface area contributed by atoms with Crippen LogP contribution in [0.15, 0.2) is 26.1 Å². The molecule has 0 saturated carbocycles. The van der Waals surface area contributed by atoms with E-state index in [0.29, 0.717) is 6.61 Å². The van der Waals surface area contributed by atoms with Gasteiger partial charge in [-0.1, -0.05) is 13.8 Å². The van der Waals surface area contributed by atoms with Crippen LogP contribution in [0.5, 0.6) is 5.75 Å². The number of ether oxygens (including phenoxy) is 1. The second kappa shape index (κ2) is 5.94. The largest absolute Gasteiger partial charge is 0.487 e. The average molecular weight is 277 g/mol. The molecule has 0 aliphatic rings. The Kier molecular flexibility index (Phi) is 4.27. The van der Waals surface area contributed by atoms with E-state index < -0.39 is 10.9 Å². The Balaban J connectivity index is 2.18. The second-order valence-corrected chi connectivity index (χ2v) is 4.76. The third-order valence-corrected chi connectivity index (χ3v) is 3.15. The normalized spacial score (nSPS) is 12.6. The summed E-state index contributed by atoms with van der Waals surface area (Å²) in [7, 11) is 0. The molecule has 108 valence electrons. The summed E-state index contributed by atoms with van der Waals surface area (Å²) >= 11 is 0. The summed E-state index contributed by atoms with van der Waals surface area (Å²) in [4.78, 5) is 23.1. The lowest BCUT2D eigenvalue weighted by atomic mass is 10.1. The highest BCUT2D eigenvalue weighted by Gasteiger charge is 2.25. The fraction of sp³-hybridized carbons (Fsp3) is 0.467. The predicted molar refractivity (Wildman–Crippen MR) is 77.2 cm³/mol. The minimum Gasteiger partial charge on any atom is -0.487 e. The van der Waals surface area contributed by atoms with Gasteiger partial charge in [0.1, 0.15) is 17.2 Å². The van der Waals surface area contributed by atoms with Gasteiger partial charge in [-0.2, -0.15) is 0 Å². The predicted octanol–water partition coefficient (Wildman–Crippen LogP) is 2.54. The summed E-state index contributed by atoms with van der Waals surface area (Å²) in [5, 5.41) is 3.06. The Morgan fingerprint density at radius 2 is 2.00 bits per heavy atom. The first kappa shape index (κ1) is 14.4. The van der Waals surface area contributed by atoms with Gasteiger partial charge in [0.2, 0.25) is 0 Å². The number of nitrogens with one attached hydrogen (secondary N) is 1. The van der Waals surface area contributed by atoms with E-state index in [1.54, 1.807) is 0 Å². The van der Waals surface area contributed by atoms with Crippen LogP contribution in [-0.2, 0) is 0 Å². The highest BCUT2D eigenvalue weighted by atomic mass is 16.5. The van der Waals surface area contributed by atoms with E-state index in [-0.39, 0.29) is 17.5 Å². The zero-order valence-corrected chi connectivity index (χ0v) is 12.0. The number of rotatable bonds is 7. The molecule has 1 aromatic carbocycles. The molecule has 0 radical (unpaired) electrons. The fourth-order valence-electron chi connectivity index (χ4n) is 2.03. The SMILES string of the molecule is CCCOc1c(N[C@H](CC)c2ccc(C)o2)c(=O)c1=O. The maximum absolute atomic E-state index is 11.6. The molecule has 1 N–H and O–H groups in total. The van der Waals surface area contributed by atoms with Gasteiger partial charge in [-0.05, 0) is 31.9 Å². The Hall–Kier alpha value is -2.04. The second-order valence-electron chi connectivity index (χ2n) is 4.76. The van der Waals surface area contributed by atoms with Crippen molar-refractivity contribution >= 4 is 5.69 Å². The summed E-state index contributed by atoms with van der Waals surface area (Å²) in [5.41, 5.74) is -0.798. The molecule has 1 aromatic heterocycles. The van der Waals surface area contributed by atoms with Crippen molar-refractivity contribution in [2.24, 2.45) is 0 Å². The number of aryl methyl sites for hydroxylation is 1. The van der Waals surface area contributed by atoms with E-state index in [4.69, 9.17) is 9.15 Å². The lowest BCUT2D eigenvalue weighted by molar-refractivity contribution is 0.312. The van der Waals surface area contributed by atoms with Gasteiger partial charge in [0.25, 0.3) is 10.9 Å². The van der Waals surface area contributed by atoms with E-state index in [2.05, 4.69) is 5.32 Å². The Bertz CT molecular complexity index is 649. The highest BCUT2D eigenvalue weighted by molar-refractivity contribution is 5.62. The van der Waals surface area contributed by atoms with Crippen LogP contribution in [0.1, 0.15) is 44.3 Å². The molecule has 0 fully saturated rings. The molecule has 1 atom stereocenters. The summed E-state index contributed by atoms with van der Waals surface area (Å²) < 4.78 is 10.9. The van der Waals surface area contributed by atoms with Crippen LogP contribution in [0.3, 0.4) is 0 Å². The van der Waals surface area contributed by atoms with Crippen molar-refractivity contribution in [2.45, 2.75) is 39.7 Å². The molecule has 5 nitrogen and oxygen atoms in total. The number of anilines is 1. The van der Waals surface area contributed by atoms with Crippen molar-refractivity contribution < 1.29 is 9.15 Å². The highest BCUT2D eigenvalue weighted by Crippen LogP contribution is 2.27. The third-order valence-electron chi connectivity index (χ3n) is 3.15. The van der Waals surface area contributed by atoms with Crippen LogP contribution in [0.4, 0.5) is 5.69 Å². The molecular weight excluding hydrogens is 258 g/mol. The van der Waals surface area contributed by atoms with Gasteiger partial charge in [0.15, 0.2) is 5.75 Å². The summed E-state index contributed by atoms with van der Waals surface area (Å²) in [5.74, 6) is 1.71. The molecule has 0 unspecified atom stereocenters. The van der Waals surface area contributed by atoms with Gasteiger partial charge in [-0.25, -0.2) is 0 Å². The van der Waals surface area contributed by atoms with Crippen LogP contribution >= 0.6 is 0 Å². The molecule has 1 heterocycles. The Morgan fingerprint density at radius 1 is 1.25 bits per heavy atom.